The maximum Gasteiger partial charge on any atom is 0.232 e. The summed E-state index contributed by atoms with van der Waals surface area (Å²) < 4.78 is 73.6. The molecule has 3 N–H and O–H groups in total. The zero-order chi connectivity index (χ0) is 62.4. The van der Waals surface area contributed by atoms with Crippen molar-refractivity contribution < 1.29 is 40.4 Å². The van der Waals surface area contributed by atoms with Gasteiger partial charge in [0.05, 0.1) is 18.3 Å². The van der Waals surface area contributed by atoms with Crippen molar-refractivity contribution >= 4 is 34.1 Å². The summed E-state index contributed by atoms with van der Waals surface area (Å²) in [7, 11) is 0. The zero-order valence-electron chi connectivity index (χ0n) is 49.2. The van der Waals surface area contributed by atoms with Gasteiger partial charge in [0, 0.05) is 74.7 Å². The smallest absolute Gasteiger partial charge is 0.232 e. The van der Waals surface area contributed by atoms with Gasteiger partial charge in [0.15, 0.2) is 35.0 Å². The summed E-state index contributed by atoms with van der Waals surface area (Å²) in [5, 5.41) is 7.03. The summed E-state index contributed by atoms with van der Waals surface area (Å²) in [6, 6.07) is 66.3. The van der Waals surface area contributed by atoms with Crippen molar-refractivity contribution in [3.63, 3.8) is 0 Å². The second-order valence-corrected chi connectivity index (χ2v) is 22.4. The second-order valence-electron chi connectivity index (χ2n) is 22.4. The van der Waals surface area contributed by atoms with Gasteiger partial charge in [-0.25, -0.2) is 32.5 Å². The van der Waals surface area contributed by atoms with Gasteiger partial charge in [0.2, 0.25) is 11.8 Å². The topological polar surface area (TPSA) is 152 Å². The Balaban J connectivity index is 0.000000125. The maximum absolute atomic E-state index is 13.8. The van der Waals surface area contributed by atoms with E-state index in [-0.39, 0.29) is 29.5 Å². The number of aromatic nitrogens is 4. The lowest BCUT2D eigenvalue weighted by Crippen LogP contribution is -2.12. The number of oxazole rings is 3. The Morgan fingerprint density at radius 3 is 1.40 bits per heavy atom. The Hall–Kier alpha value is -11.2. The van der Waals surface area contributed by atoms with Gasteiger partial charge in [-0.05, 0) is 116 Å². The number of nitrogens with one attached hydrogen (secondary N) is 3. The molecule has 0 spiro atoms. The minimum atomic E-state index is -0.403. The third kappa shape index (κ3) is 13.2. The van der Waals surface area contributed by atoms with Gasteiger partial charge >= 0.3 is 0 Å². The molecule has 2 amide bonds. The summed E-state index contributed by atoms with van der Waals surface area (Å²) in [6.45, 7) is 2.11. The van der Waals surface area contributed by atoms with E-state index in [4.69, 9.17) is 18.2 Å². The van der Waals surface area contributed by atoms with E-state index in [1.54, 1.807) is 48.5 Å². The number of aromatic amines is 1. The van der Waals surface area contributed by atoms with Crippen molar-refractivity contribution in [2.24, 2.45) is 0 Å². The van der Waals surface area contributed by atoms with Crippen molar-refractivity contribution in [1.82, 2.24) is 19.9 Å². The van der Waals surface area contributed by atoms with Crippen molar-refractivity contribution in [2.75, 3.05) is 10.6 Å². The van der Waals surface area contributed by atoms with E-state index in [9.17, 15) is 27.2 Å². The van der Waals surface area contributed by atoms with Crippen LogP contribution >= 0.6 is 0 Å². The minimum Gasteiger partial charge on any atom is -0.440 e. The normalized spacial score (nSPS) is 13.8. The average Bonchev–Trinajstić information content (AvgIpc) is 1.90. The molecule has 0 radical (unpaired) electrons. The molecular weight excluding hydrogens is 1150 g/mol. The summed E-state index contributed by atoms with van der Waals surface area (Å²) in [5.41, 5.74) is 13.3. The molecule has 0 saturated heterocycles. The number of amides is 2. The predicted molar refractivity (Wildman–Crippen MR) is 345 cm³/mol. The number of para-hydroxylation sites is 2. The number of H-pyrrole nitrogens is 1. The lowest BCUT2D eigenvalue weighted by molar-refractivity contribution is -0.118. The highest BCUT2D eigenvalue weighted by molar-refractivity contribution is 6.03. The summed E-state index contributed by atoms with van der Waals surface area (Å²) >= 11 is 0. The van der Waals surface area contributed by atoms with E-state index < -0.39 is 17.5 Å². The molecule has 91 heavy (non-hydrogen) atoms. The molecule has 13 aromatic rings. The number of carbonyl (C=O) groups excluding carboxylic acids is 2. The molecule has 9 aromatic carbocycles. The van der Waals surface area contributed by atoms with Crippen LogP contribution in [0.4, 0.5) is 28.9 Å². The molecule has 6 heterocycles. The van der Waals surface area contributed by atoms with E-state index in [0.717, 1.165) is 56.5 Å². The molecular formula is C76H58F4N6O5. The highest BCUT2D eigenvalue weighted by atomic mass is 19.1. The van der Waals surface area contributed by atoms with Crippen LogP contribution in [-0.4, -0.2) is 31.8 Å². The molecule has 0 fully saturated rings. The van der Waals surface area contributed by atoms with Gasteiger partial charge in [-0.1, -0.05) is 157 Å². The number of hydrogen-bond donors (Lipinski definition) is 3. The van der Waals surface area contributed by atoms with Crippen molar-refractivity contribution in [3.8, 4) is 67.7 Å². The quantitative estimate of drug-likeness (QED) is 0.0858. The number of hydrogen-bond acceptors (Lipinski definition) is 8. The maximum atomic E-state index is 13.8. The van der Waals surface area contributed by atoms with Crippen molar-refractivity contribution in [2.45, 2.75) is 57.3 Å². The van der Waals surface area contributed by atoms with E-state index >= 15 is 0 Å². The highest BCUT2D eigenvalue weighted by Gasteiger charge is 2.32. The number of benzene rings is 9. The molecule has 15 heteroatoms. The molecule has 2 aliphatic rings. The Morgan fingerprint density at radius 1 is 0.418 bits per heavy atom. The number of fused-ring (bicyclic) bond motifs is 3. The first kappa shape index (κ1) is 58.8. The van der Waals surface area contributed by atoms with Crippen molar-refractivity contribution in [1.29, 1.82) is 0 Å². The first-order valence-corrected chi connectivity index (χ1v) is 29.9. The van der Waals surface area contributed by atoms with Crippen LogP contribution in [-0.2, 0) is 28.9 Å². The molecule has 4 aromatic heterocycles. The fourth-order valence-electron chi connectivity index (χ4n) is 11.7. The summed E-state index contributed by atoms with van der Waals surface area (Å²) in [5.74, 6) is 1.06. The molecule has 0 aliphatic carbocycles. The Labute approximate surface area is 521 Å². The standard InChI is InChI=1S/C26H20F2N2O2.C25H18F2N2O2.C25H20N2O/c27-18-8-3-6-16(14-18)24-25(17-7-4-9-19(28)15-17)32-23(30-24)13-5-11-21-20-10-1-2-12-22(20)29-26(21)31;26-17-7-3-5-15(13-17)23-24(16-6-4-8-18(27)14-16)31-22(29-23)12-11-20-19-9-1-2-10-21(19)28-25(20)30;1-17-12-13-22-21(14-17)20(16-26-22)15-23-27-24(18-8-4-2-5-9-18)25(28-23)19-10-6-3-7-11-19/h1-4,6-10,12,14-15,21H,5,11,13H2,(H,29,31);1-10,13-14,20H,11-12H2,(H,28,30);2-14,16,26H,15H2,1H3. The largest absolute Gasteiger partial charge is 0.440 e. The molecule has 11 nitrogen and oxygen atoms in total. The van der Waals surface area contributed by atoms with Crippen LogP contribution in [0.25, 0.3) is 78.6 Å². The van der Waals surface area contributed by atoms with Crippen LogP contribution in [0.15, 0.2) is 244 Å². The van der Waals surface area contributed by atoms with Crippen molar-refractivity contribution in [3.05, 3.63) is 294 Å². The van der Waals surface area contributed by atoms with Gasteiger partial charge in [0.1, 0.15) is 40.4 Å². The number of anilines is 2. The number of rotatable bonds is 15. The van der Waals surface area contributed by atoms with Crippen LogP contribution in [0.3, 0.4) is 0 Å². The number of halogens is 4. The van der Waals surface area contributed by atoms with E-state index in [1.165, 1.54) is 65.0 Å². The number of carbonyl (C=O) groups is 2. The molecule has 450 valence electrons. The minimum absolute atomic E-state index is 0.000460. The van der Waals surface area contributed by atoms with Gasteiger partial charge in [-0.2, -0.15) is 0 Å². The SMILES string of the molecule is Cc1ccc2[nH]cc(Cc3nc(-c4ccccc4)c(-c4ccccc4)o3)c2c1.O=C1Nc2ccccc2C1CCCc1nc(-c2cccc(F)c2)c(-c2cccc(F)c2)o1.O=C1Nc2ccccc2C1CCc1nc(-c2cccc(F)c2)c(-c2cccc(F)c2)o1. The van der Waals surface area contributed by atoms with E-state index in [1.807, 2.05) is 84.9 Å². The number of aryl methyl sites for hydroxylation is 3. The molecule has 0 bridgehead atoms. The van der Waals surface area contributed by atoms with Crippen LogP contribution in [0.5, 0.6) is 0 Å². The molecule has 2 atom stereocenters. The third-order valence-electron chi connectivity index (χ3n) is 16.1. The van der Waals surface area contributed by atoms with E-state index in [2.05, 4.69) is 81.2 Å². The molecule has 0 saturated carbocycles. The second kappa shape index (κ2) is 26.3. The Bertz CT molecular complexity index is 4580. The molecule has 2 unspecified atom stereocenters. The van der Waals surface area contributed by atoms with Gasteiger partial charge in [-0.15, -0.1) is 0 Å². The third-order valence-corrected chi connectivity index (χ3v) is 16.1. The van der Waals surface area contributed by atoms with Gasteiger partial charge in [0.25, 0.3) is 0 Å². The van der Waals surface area contributed by atoms with Crippen LogP contribution in [0.2, 0.25) is 0 Å². The highest BCUT2D eigenvalue weighted by Crippen LogP contribution is 2.41. The lowest BCUT2D eigenvalue weighted by atomic mass is 9.95. The molecule has 15 rings (SSSR count). The van der Waals surface area contributed by atoms with Crippen LogP contribution < -0.4 is 10.6 Å². The zero-order valence-corrected chi connectivity index (χ0v) is 49.2. The summed E-state index contributed by atoms with van der Waals surface area (Å²) in [6.07, 6.45) is 5.45. The summed E-state index contributed by atoms with van der Waals surface area (Å²) in [4.78, 5) is 42.2. The van der Waals surface area contributed by atoms with E-state index in [0.29, 0.717) is 95.5 Å². The van der Waals surface area contributed by atoms with Gasteiger partial charge < -0.3 is 28.9 Å². The average molecular weight is 1210 g/mol. The Kier molecular flexibility index (Phi) is 17.0. The fraction of sp³-hybridized carbons (Fsp3) is 0.118. The van der Waals surface area contributed by atoms with Crippen LogP contribution in [0, 0.1) is 30.2 Å². The number of nitrogens with zero attached hydrogens (tertiary/aromatic N) is 3. The molecule has 2 aliphatic heterocycles. The Morgan fingerprint density at radius 2 is 0.846 bits per heavy atom. The monoisotopic (exact) mass is 1210 g/mol. The van der Waals surface area contributed by atoms with Gasteiger partial charge in [-0.3, -0.25) is 9.59 Å². The lowest BCUT2D eigenvalue weighted by Gasteiger charge is -2.07. The first-order valence-electron chi connectivity index (χ1n) is 29.9. The fourth-order valence-corrected chi connectivity index (χ4v) is 11.7. The predicted octanol–water partition coefficient (Wildman–Crippen LogP) is 18.7. The van der Waals surface area contributed by atoms with Crippen LogP contribution in [0.1, 0.15) is 71.0 Å². The first-order chi connectivity index (χ1) is 44.4.